The van der Waals surface area contributed by atoms with Crippen LogP contribution in [-0.4, -0.2) is 23.1 Å². The Morgan fingerprint density at radius 3 is 2.80 bits per heavy atom. The van der Waals surface area contributed by atoms with Crippen molar-refractivity contribution in [3.05, 3.63) is 35.5 Å². The summed E-state index contributed by atoms with van der Waals surface area (Å²) in [6.45, 7) is 3.97. The summed E-state index contributed by atoms with van der Waals surface area (Å²) in [5.74, 6) is -0.381. The van der Waals surface area contributed by atoms with Crippen LogP contribution in [0.3, 0.4) is 0 Å². The van der Waals surface area contributed by atoms with Crippen molar-refractivity contribution in [3.63, 3.8) is 0 Å². The van der Waals surface area contributed by atoms with Crippen molar-refractivity contribution in [3.8, 4) is 0 Å². The minimum Gasteiger partial charge on any atom is -0.338 e. The number of fused-ring (bicyclic) bond motifs is 1. The molecule has 1 aromatic heterocycles. The molecular weight excluding hydrogens is 278 g/mol. The van der Waals surface area contributed by atoms with Crippen molar-refractivity contribution in [1.29, 1.82) is 0 Å². The number of urea groups is 1. The lowest BCUT2D eigenvalue weighted by Crippen LogP contribution is -2.42. The van der Waals surface area contributed by atoms with Gasteiger partial charge in [-0.3, -0.25) is 10.1 Å². The van der Waals surface area contributed by atoms with Crippen molar-refractivity contribution in [2.45, 2.75) is 19.9 Å². The molecule has 0 aliphatic heterocycles. The summed E-state index contributed by atoms with van der Waals surface area (Å²) in [5, 5.41) is 6.35. The van der Waals surface area contributed by atoms with Gasteiger partial charge in [0, 0.05) is 18.1 Å². The minimum absolute atomic E-state index is 0.381. The summed E-state index contributed by atoms with van der Waals surface area (Å²) < 4.78 is 1.76. The van der Waals surface area contributed by atoms with E-state index in [1.54, 1.807) is 30.7 Å². The first-order chi connectivity index (χ1) is 9.54. The molecule has 106 valence electrons. The third-order valence-electron chi connectivity index (χ3n) is 3.06. The molecule has 0 fully saturated rings. The molecule has 1 atom stereocenters. The summed E-state index contributed by atoms with van der Waals surface area (Å²) in [7, 11) is 0. The number of carbonyl (C=O) groups is 2. The third-order valence-corrected chi connectivity index (χ3v) is 3.37. The average molecular weight is 294 g/mol. The van der Waals surface area contributed by atoms with E-state index in [0.29, 0.717) is 11.6 Å². The van der Waals surface area contributed by atoms with Crippen molar-refractivity contribution < 1.29 is 9.59 Å². The van der Waals surface area contributed by atoms with E-state index in [1.807, 2.05) is 18.2 Å². The van der Waals surface area contributed by atoms with Gasteiger partial charge in [-0.1, -0.05) is 23.7 Å². The minimum atomic E-state index is -0.532. The van der Waals surface area contributed by atoms with E-state index >= 15 is 0 Å². The molecule has 5 nitrogen and oxygen atoms in total. The molecule has 0 radical (unpaired) electrons. The van der Waals surface area contributed by atoms with Crippen LogP contribution < -0.4 is 10.6 Å². The summed E-state index contributed by atoms with van der Waals surface area (Å²) >= 11 is 6.18. The quantitative estimate of drug-likeness (QED) is 0.914. The normalized spacial score (nSPS) is 12.2. The maximum Gasteiger partial charge on any atom is 0.321 e. The first-order valence-electron chi connectivity index (χ1n) is 6.38. The van der Waals surface area contributed by atoms with E-state index in [-0.39, 0.29) is 5.91 Å². The number of imide groups is 1. The van der Waals surface area contributed by atoms with Gasteiger partial charge in [0.1, 0.15) is 6.04 Å². The van der Waals surface area contributed by atoms with E-state index in [1.165, 1.54) is 0 Å². The Labute approximate surface area is 121 Å². The highest BCUT2D eigenvalue weighted by molar-refractivity contribution is 6.35. The maximum absolute atomic E-state index is 12.0. The molecule has 1 aromatic carbocycles. The van der Waals surface area contributed by atoms with Gasteiger partial charge in [-0.25, -0.2) is 4.79 Å². The summed E-state index contributed by atoms with van der Waals surface area (Å²) in [4.78, 5) is 23.4. The molecule has 3 amide bonds. The lowest BCUT2D eigenvalue weighted by Gasteiger charge is -2.15. The van der Waals surface area contributed by atoms with Gasteiger partial charge in [0.15, 0.2) is 0 Å². The van der Waals surface area contributed by atoms with E-state index < -0.39 is 12.1 Å². The van der Waals surface area contributed by atoms with Crippen molar-refractivity contribution in [1.82, 2.24) is 15.2 Å². The SMILES string of the molecule is CCNC(=O)NC(=O)C(C)n1ccc2cccc(Cl)c21. The Morgan fingerprint density at radius 2 is 2.10 bits per heavy atom. The van der Waals surface area contributed by atoms with Crippen LogP contribution in [0.5, 0.6) is 0 Å². The number of nitrogens with one attached hydrogen (secondary N) is 2. The number of aromatic nitrogens is 1. The number of nitrogens with zero attached hydrogens (tertiary/aromatic N) is 1. The van der Waals surface area contributed by atoms with Crippen LogP contribution in [0.15, 0.2) is 30.5 Å². The van der Waals surface area contributed by atoms with Gasteiger partial charge in [0.25, 0.3) is 5.91 Å². The zero-order valence-corrected chi connectivity index (χ0v) is 12.1. The summed E-state index contributed by atoms with van der Waals surface area (Å²) in [6.07, 6.45) is 1.79. The molecule has 0 bridgehead atoms. The van der Waals surface area contributed by atoms with Crippen LogP contribution in [0.25, 0.3) is 10.9 Å². The molecule has 2 rings (SSSR count). The number of hydrogen-bond acceptors (Lipinski definition) is 2. The second-order valence-corrected chi connectivity index (χ2v) is 4.83. The van der Waals surface area contributed by atoms with Gasteiger partial charge in [0.05, 0.1) is 10.5 Å². The number of para-hydroxylation sites is 1. The largest absolute Gasteiger partial charge is 0.338 e. The fraction of sp³-hybridized carbons (Fsp3) is 0.286. The lowest BCUT2D eigenvalue weighted by atomic mass is 10.2. The fourth-order valence-corrected chi connectivity index (χ4v) is 2.32. The van der Waals surface area contributed by atoms with E-state index in [2.05, 4.69) is 10.6 Å². The predicted octanol–water partition coefficient (Wildman–Crippen LogP) is 2.70. The molecule has 20 heavy (non-hydrogen) atoms. The molecule has 0 spiro atoms. The highest BCUT2D eigenvalue weighted by Crippen LogP contribution is 2.27. The van der Waals surface area contributed by atoms with Gasteiger partial charge in [-0.2, -0.15) is 0 Å². The van der Waals surface area contributed by atoms with Gasteiger partial charge < -0.3 is 9.88 Å². The van der Waals surface area contributed by atoms with Crippen LogP contribution in [0.4, 0.5) is 4.79 Å². The highest BCUT2D eigenvalue weighted by atomic mass is 35.5. The van der Waals surface area contributed by atoms with Gasteiger partial charge in [-0.05, 0) is 26.0 Å². The lowest BCUT2D eigenvalue weighted by molar-refractivity contribution is -0.122. The number of rotatable bonds is 3. The molecular formula is C14H16ClN3O2. The second-order valence-electron chi connectivity index (χ2n) is 4.43. The predicted molar refractivity (Wildman–Crippen MR) is 78.9 cm³/mol. The summed E-state index contributed by atoms with van der Waals surface area (Å²) in [5.41, 5.74) is 0.785. The van der Waals surface area contributed by atoms with Crippen molar-refractivity contribution in [2.24, 2.45) is 0 Å². The summed E-state index contributed by atoms with van der Waals surface area (Å²) in [6, 6.07) is 6.41. The van der Waals surface area contributed by atoms with Gasteiger partial charge in [-0.15, -0.1) is 0 Å². The van der Waals surface area contributed by atoms with Crippen molar-refractivity contribution in [2.75, 3.05) is 6.54 Å². The molecule has 2 aromatic rings. The Balaban J connectivity index is 2.25. The molecule has 1 unspecified atom stereocenters. The zero-order valence-electron chi connectivity index (χ0n) is 11.3. The average Bonchev–Trinajstić information content (AvgIpc) is 2.83. The molecule has 0 aliphatic rings. The Bertz CT molecular complexity index is 651. The van der Waals surface area contributed by atoms with Crippen LogP contribution in [-0.2, 0) is 4.79 Å². The second kappa shape index (κ2) is 5.96. The fourth-order valence-electron chi connectivity index (χ4n) is 2.04. The maximum atomic E-state index is 12.0. The Kier molecular flexibility index (Phi) is 4.29. The van der Waals surface area contributed by atoms with Crippen LogP contribution in [0.1, 0.15) is 19.9 Å². The molecule has 0 saturated heterocycles. The zero-order chi connectivity index (χ0) is 14.7. The van der Waals surface area contributed by atoms with E-state index in [9.17, 15) is 9.59 Å². The van der Waals surface area contributed by atoms with Gasteiger partial charge >= 0.3 is 6.03 Å². The highest BCUT2D eigenvalue weighted by Gasteiger charge is 2.19. The van der Waals surface area contributed by atoms with Crippen molar-refractivity contribution >= 4 is 34.4 Å². The van der Waals surface area contributed by atoms with Crippen LogP contribution >= 0.6 is 11.6 Å². The Hall–Kier alpha value is -2.01. The Morgan fingerprint density at radius 1 is 1.35 bits per heavy atom. The monoisotopic (exact) mass is 293 g/mol. The first kappa shape index (κ1) is 14.4. The number of benzene rings is 1. The molecule has 1 heterocycles. The number of halogens is 1. The third kappa shape index (κ3) is 2.77. The molecule has 0 saturated carbocycles. The standard InChI is InChI=1S/C14H16ClN3O2/c1-3-16-14(20)17-13(19)9(2)18-8-7-10-5-4-6-11(15)12(10)18/h4-9H,3H2,1-2H3,(H2,16,17,19,20). The number of hydrogen-bond donors (Lipinski definition) is 2. The van der Waals surface area contributed by atoms with Crippen LogP contribution in [0, 0.1) is 0 Å². The van der Waals surface area contributed by atoms with E-state index in [4.69, 9.17) is 11.6 Å². The molecule has 2 N–H and O–H groups in total. The number of carbonyl (C=O) groups excluding carboxylic acids is 2. The molecule has 0 aliphatic carbocycles. The van der Waals surface area contributed by atoms with Gasteiger partial charge in [0.2, 0.25) is 0 Å². The van der Waals surface area contributed by atoms with Crippen LogP contribution in [0.2, 0.25) is 5.02 Å². The topological polar surface area (TPSA) is 63.1 Å². The molecule has 6 heteroatoms. The first-order valence-corrected chi connectivity index (χ1v) is 6.76. The smallest absolute Gasteiger partial charge is 0.321 e. The number of amides is 3. The van der Waals surface area contributed by atoms with E-state index in [0.717, 1.165) is 10.9 Å².